The van der Waals surface area contributed by atoms with Crippen molar-refractivity contribution in [3.05, 3.63) is 20.2 Å². The molecule has 1 heterocycles. The number of amides is 1. The predicted molar refractivity (Wildman–Crippen MR) is 62.9 cm³/mol. The molecule has 0 bridgehead atoms. The van der Waals surface area contributed by atoms with Gasteiger partial charge in [-0.15, -0.1) is 0 Å². The molecule has 0 aromatic carbocycles. The summed E-state index contributed by atoms with van der Waals surface area (Å²) in [6.07, 6.45) is 0.656. The van der Waals surface area contributed by atoms with Crippen LogP contribution in [-0.2, 0) is 7.05 Å². The molecule has 16 heavy (non-hydrogen) atoms. The number of carbonyl (C=O) groups is 1. The Labute approximate surface area is 97.7 Å². The van der Waals surface area contributed by atoms with E-state index in [9.17, 15) is 9.59 Å². The van der Waals surface area contributed by atoms with E-state index in [2.05, 4.69) is 5.32 Å². The largest absolute Gasteiger partial charge is 0.394 e. The topological polar surface area (TPSA) is 71.3 Å². The Morgan fingerprint density at radius 2 is 2.25 bits per heavy atom. The first-order valence-electron chi connectivity index (χ1n) is 5.09. The summed E-state index contributed by atoms with van der Waals surface area (Å²) < 4.78 is 1.44. The quantitative estimate of drug-likeness (QED) is 0.798. The number of nitrogens with one attached hydrogen (secondary N) is 1. The summed E-state index contributed by atoms with van der Waals surface area (Å²) in [5, 5.41) is 11.7. The second-order valence-corrected chi connectivity index (χ2v) is 4.56. The maximum absolute atomic E-state index is 11.8. The molecule has 0 radical (unpaired) electrons. The normalized spacial score (nSPS) is 12.5. The van der Waals surface area contributed by atoms with Crippen LogP contribution in [0.3, 0.4) is 0 Å². The average Bonchev–Trinajstić information content (AvgIpc) is 2.53. The Morgan fingerprint density at radius 1 is 1.62 bits per heavy atom. The van der Waals surface area contributed by atoms with Crippen molar-refractivity contribution in [2.75, 3.05) is 6.61 Å². The van der Waals surface area contributed by atoms with Crippen molar-refractivity contribution in [1.29, 1.82) is 0 Å². The van der Waals surface area contributed by atoms with Crippen molar-refractivity contribution in [2.24, 2.45) is 7.05 Å². The van der Waals surface area contributed by atoms with Gasteiger partial charge in [0.05, 0.1) is 12.6 Å². The first kappa shape index (κ1) is 12.9. The van der Waals surface area contributed by atoms with E-state index in [1.54, 1.807) is 14.0 Å². The Balaban J connectivity index is 2.89. The zero-order valence-electron chi connectivity index (χ0n) is 9.61. The van der Waals surface area contributed by atoms with Crippen molar-refractivity contribution in [1.82, 2.24) is 9.88 Å². The smallest absolute Gasteiger partial charge is 0.307 e. The summed E-state index contributed by atoms with van der Waals surface area (Å²) in [4.78, 5) is 23.4. The van der Waals surface area contributed by atoms with Gasteiger partial charge in [0.25, 0.3) is 5.91 Å². The highest BCUT2D eigenvalue weighted by molar-refractivity contribution is 7.11. The van der Waals surface area contributed by atoms with Crippen LogP contribution < -0.4 is 10.2 Å². The van der Waals surface area contributed by atoms with E-state index in [1.165, 1.54) is 4.57 Å². The van der Waals surface area contributed by atoms with Crippen LogP contribution in [0, 0.1) is 6.92 Å². The van der Waals surface area contributed by atoms with E-state index < -0.39 is 0 Å². The molecule has 0 saturated carbocycles. The second kappa shape index (κ2) is 5.27. The lowest BCUT2D eigenvalue weighted by Gasteiger charge is -2.13. The number of carbonyl (C=O) groups excluding carboxylic acids is 1. The average molecular weight is 244 g/mol. The molecule has 90 valence electrons. The first-order chi connectivity index (χ1) is 7.51. The number of aliphatic hydroxyl groups is 1. The highest BCUT2D eigenvalue weighted by Crippen LogP contribution is 2.10. The molecule has 0 spiro atoms. The molecular formula is C10H16N2O3S. The highest BCUT2D eigenvalue weighted by Gasteiger charge is 2.17. The molecule has 0 saturated heterocycles. The van der Waals surface area contributed by atoms with Crippen LogP contribution in [0.5, 0.6) is 0 Å². The third-order valence-electron chi connectivity index (χ3n) is 2.55. The summed E-state index contributed by atoms with van der Waals surface area (Å²) in [7, 11) is 1.63. The number of hydrogen-bond donors (Lipinski definition) is 2. The van der Waals surface area contributed by atoms with Gasteiger partial charge in [-0.2, -0.15) is 0 Å². The van der Waals surface area contributed by atoms with Crippen molar-refractivity contribution in [3.8, 4) is 0 Å². The Kier molecular flexibility index (Phi) is 4.26. The van der Waals surface area contributed by atoms with Crippen LogP contribution in [0.25, 0.3) is 0 Å². The van der Waals surface area contributed by atoms with Gasteiger partial charge in [0.2, 0.25) is 0 Å². The molecule has 0 fully saturated rings. The van der Waals surface area contributed by atoms with Crippen LogP contribution in [-0.4, -0.2) is 28.2 Å². The minimum Gasteiger partial charge on any atom is -0.394 e. The fourth-order valence-corrected chi connectivity index (χ4v) is 2.14. The number of nitrogens with zero attached hydrogens (tertiary/aromatic N) is 1. The molecule has 2 N–H and O–H groups in total. The Hall–Kier alpha value is -1.14. The molecule has 1 aromatic rings. The standard InChI is InChI=1S/C10H16N2O3S/c1-4-7(5-13)11-9(14)8-6(2)12(3)10(15)16-8/h7,13H,4-5H2,1-3H3,(H,11,14). The SMILES string of the molecule is CCC(CO)NC(=O)c1sc(=O)n(C)c1C. The summed E-state index contributed by atoms with van der Waals surface area (Å²) in [5.74, 6) is -0.291. The van der Waals surface area contributed by atoms with E-state index in [-0.39, 0.29) is 23.4 Å². The minimum atomic E-state index is -0.291. The van der Waals surface area contributed by atoms with Gasteiger partial charge in [-0.1, -0.05) is 18.3 Å². The number of aromatic nitrogens is 1. The number of aliphatic hydroxyl groups excluding tert-OH is 1. The monoisotopic (exact) mass is 244 g/mol. The molecule has 6 heteroatoms. The lowest BCUT2D eigenvalue weighted by Crippen LogP contribution is -2.36. The fraction of sp³-hybridized carbons (Fsp3) is 0.600. The second-order valence-electron chi connectivity index (χ2n) is 3.60. The number of hydrogen-bond acceptors (Lipinski definition) is 4. The van der Waals surface area contributed by atoms with Gasteiger partial charge in [-0.05, 0) is 13.3 Å². The fourth-order valence-electron chi connectivity index (χ4n) is 1.26. The maximum Gasteiger partial charge on any atom is 0.307 e. The lowest BCUT2D eigenvalue weighted by atomic mass is 10.2. The summed E-state index contributed by atoms with van der Waals surface area (Å²) in [5.41, 5.74) is 0.653. The van der Waals surface area contributed by atoms with Gasteiger partial charge in [0, 0.05) is 12.7 Å². The third kappa shape index (κ3) is 2.51. The zero-order chi connectivity index (χ0) is 12.3. The van der Waals surface area contributed by atoms with Crippen LogP contribution >= 0.6 is 11.3 Å². The number of rotatable bonds is 4. The van der Waals surface area contributed by atoms with E-state index in [0.29, 0.717) is 17.0 Å². The number of thiazole rings is 1. The van der Waals surface area contributed by atoms with Gasteiger partial charge in [0.15, 0.2) is 0 Å². The molecule has 0 aliphatic rings. The molecule has 0 aliphatic heterocycles. The van der Waals surface area contributed by atoms with E-state index in [0.717, 1.165) is 11.3 Å². The Morgan fingerprint density at radius 3 is 2.62 bits per heavy atom. The van der Waals surface area contributed by atoms with Crippen LogP contribution in [0.15, 0.2) is 4.79 Å². The van der Waals surface area contributed by atoms with Gasteiger partial charge >= 0.3 is 4.87 Å². The summed E-state index contributed by atoms with van der Waals surface area (Å²) in [6, 6.07) is -0.255. The first-order valence-corrected chi connectivity index (χ1v) is 5.91. The summed E-state index contributed by atoms with van der Waals surface area (Å²) >= 11 is 0.926. The van der Waals surface area contributed by atoms with E-state index >= 15 is 0 Å². The molecule has 1 atom stereocenters. The molecule has 0 aliphatic carbocycles. The summed E-state index contributed by atoms with van der Waals surface area (Å²) in [6.45, 7) is 3.51. The van der Waals surface area contributed by atoms with Gasteiger partial charge in [0.1, 0.15) is 4.88 Å². The molecule has 1 unspecified atom stereocenters. The lowest BCUT2D eigenvalue weighted by molar-refractivity contribution is 0.0918. The minimum absolute atomic E-state index is 0.0942. The van der Waals surface area contributed by atoms with Gasteiger partial charge in [-0.3, -0.25) is 9.59 Å². The third-order valence-corrected chi connectivity index (χ3v) is 3.68. The van der Waals surface area contributed by atoms with E-state index in [1.807, 2.05) is 6.92 Å². The van der Waals surface area contributed by atoms with Crippen LogP contribution in [0.4, 0.5) is 0 Å². The molecule has 1 amide bonds. The maximum atomic E-state index is 11.8. The van der Waals surface area contributed by atoms with Crippen molar-refractivity contribution < 1.29 is 9.90 Å². The Bertz CT molecular complexity index is 432. The van der Waals surface area contributed by atoms with Crippen molar-refractivity contribution >= 4 is 17.2 Å². The predicted octanol–water partition coefficient (Wildman–Crippen LogP) is 0.256. The van der Waals surface area contributed by atoms with Crippen molar-refractivity contribution in [2.45, 2.75) is 26.3 Å². The van der Waals surface area contributed by atoms with Crippen LogP contribution in [0.1, 0.15) is 28.7 Å². The van der Waals surface area contributed by atoms with E-state index in [4.69, 9.17) is 5.11 Å². The molecule has 1 rings (SSSR count). The molecule has 1 aromatic heterocycles. The van der Waals surface area contributed by atoms with Gasteiger partial charge < -0.3 is 15.0 Å². The van der Waals surface area contributed by atoms with Crippen molar-refractivity contribution in [3.63, 3.8) is 0 Å². The zero-order valence-corrected chi connectivity index (χ0v) is 10.4. The molecule has 5 nitrogen and oxygen atoms in total. The highest BCUT2D eigenvalue weighted by atomic mass is 32.1. The van der Waals surface area contributed by atoms with Crippen LogP contribution in [0.2, 0.25) is 0 Å². The molecular weight excluding hydrogens is 228 g/mol. The van der Waals surface area contributed by atoms with Gasteiger partial charge in [-0.25, -0.2) is 0 Å².